The first-order valence-electron chi connectivity index (χ1n) is 8.75. The minimum atomic E-state index is -0.285. The van der Waals surface area contributed by atoms with Crippen molar-refractivity contribution in [3.8, 4) is 0 Å². The zero-order valence-corrected chi connectivity index (χ0v) is 17.0. The van der Waals surface area contributed by atoms with Crippen LogP contribution in [-0.2, 0) is 0 Å². The SMILES string of the molecule is CC(C)c1ccc(C(N)CNC(=O)c2cccc(C(=O)N(C)C)c2)cc1.Cl. The lowest BCUT2D eigenvalue weighted by Crippen LogP contribution is -2.32. The largest absolute Gasteiger partial charge is 0.350 e. The van der Waals surface area contributed by atoms with Gasteiger partial charge < -0.3 is 16.0 Å². The van der Waals surface area contributed by atoms with Crippen LogP contribution in [0.1, 0.15) is 57.7 Å². The van der Waals surface area contributed by atoms with Gasteiger partial charge in [0.05, 0.1) is 0 Å². The van der Waals surface area contributed by atoms with Crippen molar-refractivity contribution >= 4 is 24.2 Å². The number of nitrogens with zero attached hydrogens (tertiary/aromatic N) is 1. The molecule has 0 saturated heterocycles. The first kappa shape index (κ1) is 22.7. The van der Waals surface area contributed by atoms with Gasteiger partial charge in [-0.05, 0) is 35.2 Å². The minimum Gasteiger partial charge on any atom is -0.350 e. The van der Waals surface area contributed by atoms with Crippen LogP contribution in [0.3, 0.4) is 0 Å². The Morgan fingerprint density at radius 1 is 1.00 bits per heavy atom. The normalized spacial score (nSPS) is 11.5. The van der Waals surface area contributed by atoms with Crippen molar-refractivity contribution in [2.24, 2.45) is 5.73 Å². The van der Waals surface area contributed by atoms with Gasteiger partial charge in [0.25, 0.3) is 11.8 Å². The van der Waals surface area contributed by atoms with E-state index in [1.54, 1.807) is 38.4 Å². The average molecular weight is 390 g/mol. The molecule has 0 heterocycles. The molecule has 0 aliphatic rings. The molecule has 2 aromatic rings. The number of hydrogen-bond acceptors (Lipinski definition) is 3. The molecular weight excluding hydrogens is 362 g/mol. The second kappa shape index (κ2) is 10.1. The number of benzene rings is 2. The van der Waals surface area contributed by atoms with Gasteiger partial charge >= 0.3 is 0 Å². The Hall–Kier alpha value is -2.37. The molecule has 1 atom stereocenters. The predicted molar refractivity (Wildman–Crippen MR) is 112 cm³/mol. The summed E-state index contributed by atoms with van der Waals surface area (Å²) < 4.78 is 0. The molecule has 146 valence electrons. The van der Waals surface area contributed by atoms with Gasteiger partial charge in [-0.25, -0.2) is 0 Å². The monoisotopic (exact) mass is 389 g/mol. The van der Waals surface area contributed by atoms with Crippen LogP contribution in [0, 0.1) is 0 Å². The smallest absolute Gasteiger partial charge is 0.253 e. The fourth-order valence-corrected chi connectivity index (χ4v) is 2.60. The molecule has 27 heavy (non-hydrogen) atoms. The number of carbonyl (C=O) groups is 2. The maximum atomic E-state index is 12.4. The number of hydrogen-bond donors (Lipinski definition) is 2. The Bertz CT molecular complexity index is 773. The molecule has 2 rings (SSSR count). The van der Waals surface area contributed by atoms with E-state index in [9.17, 15) is 9.59 Å². The standard InChI is InChI=1S/C21H27N3O2.ClH/c1-14(2)15-8-10-16(11-9-15)19(22)13-23-20(25)17-6-5-7-18(12-17)21(26)24(3)4;/h5-12,14,19H,13,22H2,1-4H3,(H,23,25);1H. The van der Waals surface area contributed by atoms with E-state index in [4.69, 9.17) is 5.73 Å². The van der Waals surface area contributed by atoms with E-state index in [1.807, 2.05) is 12.1 Å². The van der Waals surface area contributed by atoms with Gasteiger partial charge in [-0.3, -0.25) is 9.59 Å². The van der Waals surface area contributed by atoms with E-state index >= 15 is 0 Å². The van der Waals surface area contributed by atoms with Crippen LogP contribution in [0.2, 0.25) is 0 Å². The number of carbonyl (C=O) groups excluding carboxylic acids is 2. The zero-order chi connectivity index (χ0) is 19.3. The fraction of sp³-hybridized carbons (Fsp3) is 0.333. The van der Waals surface area contributed by atoms with E-state index < -0.39 is 0 Å². The highest BCUT2D eigenvalue weighted by molar-refractivity contribution is 5.99. The summed E-state index contributed by atoms with van der Waals surface area (Å²) in [6.07, 6.45) is 0. The van der Waals surface area contributed by atoms with Crippen LogP contribution in [-0.4, -0.2) is 37.4 Å². The van der Waals surface area contributed by atoms with Gasteiger partial charge in [0.2, 0.25) is 0 Å². The Kier molecular flexibility index (Phi) is 8.47. The molecule has 2 aromatic carbocycles. The van der Waals surface area contributed by atoms with E-state index in [-0.39, 0.29) is 30.3 Å². The highest BCUT2D eigenvalue weighted by atomic mass is 35.5. The molecule has 0 aliphatic carbocycles. The van der Waals surface area contributed by atoms with Crippen LogP contribution in [0.15, 0.2) is 48.5 Å². The van der Waals surface area contributed by atoms with Crippen molar-refractivity contribution in [1.82, 2.24) is 10.2 Å². The Morgan fingerprint density at radius 3 is 2.11 bits per heavy atom. The van der Waals surface area contributed by atoms with E-state index in [0.29, 0.717) is 23.6 Å². The molecular formula is C21H28ClN3O2. The number of halogens is 1. The third-order valence-electron chi connectivity index (χ3n) is 4.29. The zero-order valence-electron chi connectivity index (χ0n) is 16.2. The third kappa shape index (κ3) is 6.08. The first-order valence-corrected chi connectivity index (χ1v) is 8.75. The molecule has 1 unspecified atom stereocenters. The molecule has 3 N–H and O–H groups in total. The molecule has 2 amide bonds. The van der Waals surface area contributed by atoms with Crippen LogP contribution < -0.4 is 11.1 Å². The van der Waals surface area contributed by atoms with E-state index in [0.717, 1.165) is 5.56 Å². The molecule has 0 aliphatic heterocycles. The molecule has 5 nitrogen and oxygen atoms in total. The van der Waals surface area contributed by atoms with Crippen molar-refractivity contribution in [3.05, 3.63) is 70.8 Å². The molecule has 0 saturated carbocycles. The summed E-state index contributed by atoms with van der Waals surface area (Å²) in [6.45, 7) is 4.61. The summed E-state index contributed by atoms with van der Waals surface area (Å²) in [5.41, 5.74) is 9.35. The molecule has 0 radical (unpaired) electrons. The molecule has 0 spiro atoms. The van der Waals surface area contributed by atoms with Crippen molar-refractivity contribution in [2.75, 3.05) is 20.6 Å². The topological polar surface area (TPSA) is 75.4 Å². The lowest BCUT2D eigenvalue weighted by Gasteiger charge is -2.15. The number of rotatable bonds is 6. The van der Waals surface area contributed by atoms with Crippen molar-refractivity contribution in [3.63, 3.8) is 0 Å². The number of nitrogens with two attached hydrogens (primary N) is 1. The lowest BCUT2D eigenvalue weighted by atomic mass is 9.99. The second-order valence-corrected chi connectivity index (χ2v) is 6.92. The maximum absolute atomic E-state index is 12.4. The van der Waals surface area contributed by atoms with Crippen LogP contribution in [0.5, 0.6) is 0 Å². The summed E-state index contributed by atoms with van der Waals surface area (Å²) in [7, 11) is 3.36. The van der Waals surface area contributed by atoms with Crippen LogP contribution >= 0.6 is 12.4 Å². The summed E-state index contributed by atoms with van der Waals surface area (Å²) in [5, 5.41) is 2.84. The molecule has 0 fully saturated rings. The molecule has 0 aromatic heterocycles. The summed E-state index contributed by atoms with van der Waals surface area (Å²) in [4.78, 5) is 25.9. The summed E-state index contributed by atoms with van der Waals surface area (Å²) in [6, 6.07) is 14.5. The summed E-state index contributed by atoms with van der Waals surface area (Å²) in [5.74, 6) is 0.0892. The first-order chi connectivity index (χ1) is 12.3. The Labute approximate surface area is 167 Å². The molecule has 0 bridgehead atoms. The highest BCUT2D eigenvalue weighted by Crippen LogP contribution is 2.17. The van der Waals surface area contributed by atoms with Gasteiger partial charge in [0, 0.05) is 37.8 Å². The van der Waals surface area contributed by atoms with Crippen LogP contribution in [0.4, 0.5) is 0 Å². The fourth-order valence-electron chi connectivity index (χ4n) is 2.60. The van der Waals surface area contributed by atoms with Gasteiger partial charge in [-0.2, -0.15) is 0 Å². The van der Waals surface area contributed by atoms with Gasteiger partial charge in [0.1, 0.15) is 0 Å². The van der Waals surface area contributed by atoms with Crippen molar-refractivity contribution in [1.29, 1.82) is 0 Å². The van der Waals surface area contributed by atoms with Crippen molar-refractivity contribution < 1.29 is 9.59 Å². The molecule has 6 heteroatoms. The second-order valence-electron chi connectivity index (χ2n) is 6.92. The highest BCUT2D eigenvalue weighted by Gasteiger charge is 2.13. The Balaban J connectivity index is 0.00000364. The third-order valence-corrected chi connectivity index (χ3v) is 4.29. The van der Waals surface area contributed by atoms with E-state index in [2.05, 4.69) is 31.3 Å². The predicted octanol–water partition coefficient (Wildman–Crippen LogP) is 3.36. The van der Waals surface area contributed by atoms with Gasteiger partial charge in [-0.1, -0.05) is 44.2 Å². The van der Waals surface area contributed by atoms with Gasteiger partial charge in [-0.15, -0.1) is 12.4 Å². The average Bonchev–Trinajstić information content (AvgIpc) is 2.65. The maximum Gasteiger partial charge on any atom is 0.253 e. The summed E-state index contributed by atoms with van der Waals surface area (Å²) >= 11 is 0. The van der Waals surface area contributed by atoms with Gasteiger partial charge in [0.15, 0.2) is 0 Å². The lowest BCUT2D eigenvalue weighted by molar-refractivity contribution is 0.0827. The van der Waals surface area contributed by atoms with Crippen molar-refractivity contribution in [2.45, 2.75) is 25.8 Å². The number of amides is 2. The minimum absolute atomic E-state index is 0. The van der Waals surface area contributed by atoms with E-state index in [1.165, 1.54) is 10.5 Å². The quantitative estimate of drug-likeness (QED) is 0.795. The van der Waals surface area contributed by atoms with Crippen LogP contribution in [0.25, 0.3) is 0 Å². The Morgan fingerprint density at radius 2 is 1.56 bits per heavy atom. The number of nitrogens with one attached hydrogen (secondary N) is 1.